The zero-order valence-corrected chi connectivity index (χ0v) is 15.9. The predicted octanol–water partition coefficient (Wildman–Crippen LogP) is 4.20. The Kier molecular flexibility index (Phi) is 5.06. The van der Waals surface area contributed by atoms with Crippen LogP contribution in [0.25, 0.3) is 0 Å². The molecular weight excluding hydrogens is 358 g/mol. The molecule has 3 rings (SSSR count). The van der Waals surface area contributed by atoms with Crippen LogP contribution in [0.5, 0.6) is 11.5 Å². The summed E-state index contributed by atoms with van der Waals surface area (Å²) in [4.78, 5) is 13.2. The lowest BCUT2D eigenvalue weighted by atomic mass is 10.0. The van der Waals surface area contributed by atoms with Gasteiger partial charge >= 0.3 is 6.09 Å². The van der Waals surface area contributed by atoms with Gasteiger partial charge in [-0.15, -0.1) is 0 Å². The molecule has 0 N–H and O–H groups in total. The topological polar surface area (TPSA) is 55.8 Å². The second-order valence-electron chi connectivity index (χ2n) is 6.26. The van der Waals surface area contributed by atoms with Gasteiger partial charge in [-0.25, -0.2) is 13.3 Å². The smallest absolute Gasteiger partial charge is 0.427 e. The first-order valence-corrected chi connectivity index (χ1v) is 10.2. The van der Waals surface area contributed by atoms with Crippen LogP contribution in [0.1, 0.15) is 19.4 Å². The molecule has 0 saturated heterocycles. The first-order valence-electron chi connectivity index (χ1n) is 7.77. The van der Waals surface area contributed by atoms with Crippen molar-refractivity contribution in [2.24, 2.45) is 0 Å². The lowest BCUT2D eigenvalue weighted by Gasteiger charge is -2.19. The number of hydrogen-bond donors (Lipinski definition) is 0. The van der Waals surface area contributed by atoms with Gasteiger partial charge in [0, 0.05) is 23.9 Å². The molecular formula is C18H19NO4S2. The van der Waals surface area contributed by atoms with Crippen LogP contribution in [0.2, 0.25) is 0 Å². The summed E-state index contributed by atoms with van der Waals surface area (Å²) in [5.74, 6) is 0.928. The van der Waals surface area contributed by atoms with Crippen LogP contribution in [0.4, 0.5) is 4.79 Å². The molecule has 1 aliphatic rings. The molecule has 25 heavy (non-hydrogen) atoms. The van der Waals surface area contributed by atoms with Crippen molar-refractivity contribution < 1.29 is 18.5 Å². The molecule has 1 atom stereocenters. The van der Waals surface area contributed by atoms with Crippen LogP contribution in [0.15, 0.2) is 53.4 Å². The number of fused-ring (bicyclic) bond motifs is 1. The summed E-state index contributed by atoms with van der Waals surface area (Å²) in [5, 5.41) is 0. The van der Waals surface area contributed by atoms with Gasteiger partial charge in [0.15, 0.2) is 21.5 Å². The van der Waals surface area contributed by atoms with Gasteiger partial charge in [-0.05, 0) is 42.8 Å². The van der Waals surface area contributed by atoms with E-state index in [-0.39, 0.29) is 5.60 Å². The second kappa shape index (κ2) is 7.09. The molecule has 0 aliphatic carbocycles. The lowest BCUT2D eigenvalue weighted by molar-refractivity contribution is 0.131. The Balaban J connectivity index is 1.69. The average Bonchev–Trinajstić information content (AvgIpc) is 2.90. The van der Waals surface area contributed by atoms with Crippen LogP contribution in [0.3, 0.4) is 0 Å². The van der Waals surface area contributed by atoms with Crippen molar-refractivity contribution in [1.29, 1.82) is 0 Å². The standard InChI is InChI=1S/C18H19NO4S2/c1-18(2)12-13-8-7-11-15(16(13)23-18)22-17(20)19(3)25(21)24-14-9-5-4-6-10-14/h4-11H,12H2,1-3H3. The fraction of sp³-hybridized carbons (Fsp3) is 0.278. The highest BCUT2D eigenvalue weighted by Gasteiger charge is 2.33. The van der Waals surface area contributed by atoms with E-state index in [0.717, 1.165) is 32.0 Å². The molecule has 2 aromatic carbocycles. The number of para-hydroxylation sites is 1. The van der Waals surface area contributed by atoms with Crippen LogP contribution >= 0.6 is 10.8 Å². The molecule has 0 radical (unpaired) electrons. The van der Waals surface area contributed by atoms with Crippen molar-refractivity contribution in [2.75, 3.05) is 7.05 Å². The van der Waals surface area contributed by atoms with E-state index in [2.05, 4.69) is 0 Å². The fourth-order valence-corrected chi connectivity index (χ4v) is 4.55. The highest BCUT2D eigenvalue weighted by Crippen LogP contribution is 2.42. The first kappa shape index (κ1) is 17.8. The zero-order chi connectivity index (χ0) is 18.0. The van der Waals surface area contributed by atoms with E-state index in [1.54, 1.807) is 6.07 Å². The summed E-state index contributed by atoms with van der Waals surface area (Å²) in [6.45, 7) is 3.96. The molecule has 0 spiro atoms. The number of benzene rings is 2. The second-order valence-corrected chi connectivity index (χ2v) is 9.24. The molecule has 5 nitrogen and oxygen atoms in total. The van der Waals surface area contributed by atoms with Crippen molar-refractivity contribution in [3.63, 3.8) is 0 Å². The largest absolute Gasteiger partial charge is 0.483 e. The zero-order valence-electron chi connectivity index (χ0n) is 14.2. The predicted molar refractivity (Wildman–Crippen MR) is 99.1 cm³/mol. The van der Waals surface area contributed by atoms with Gasteiger partial charge in [0.25, 0.3) is 0 Å². The summed E-state index contributed by atoms with van der Waals surface area (Å²) in [7, 11) is 0.930. The van der Waals surface area contributed by atoms with E-state index in [4.69, 9.17) is 9.47 Å². The van der Waals surface area contributed by atoms with Crippen LogP contribution in [0, 0.1) is 0 Å². The molecule has 132 valence electrons. The molecule has 1 heterocycles. The molecule has 0 aromatic heterocycles. The Labute approximate surface area is 153 Å². The summed E-state index contributed by atoms with van der Waals surface area (Å²) in [6, 6.07) is 14.7. The molecule has 0 saturated carbocycles. The fourth-order valence-electron chi connectivity index (χ4n) is 2.50. The van der Waals surface area contributed by atoms with Gasteiger partial charge in [-0.1, -0.05) is 30.3 Å². The maximum absolute atomic E-state index is 12.3. The summed E-state index contributed by atoms with van der Waals surface area (Å²) < 4.78 is 24.7. The Morgan fingerprint density at radius 3 is 2.64 bits per heavy atom. The summed E-state index contributed by atoms with van der Waals surface area (Å²) >= 11 is 0. The van der Waals surface area contributed by atoms with E-state index in [1.807, 2.05) is 56.3 Å². The van der Waals surface area contributed by atoms with Gasteiger partial charge in [-0.2, -0.15) is 0 Å². The van der Waals surface area contributed by atoms with E-state index < -0.39 is 16.1 Å². The third-order valence-corrected chi connectivity index (χ3v) is 6.52. The number of amides is 1. The molecule has 7 heteroatoms. The van der Waals surface area contributed by atoms with Crippen LogP contribution < -0.4 is 9.47 Å². The van der Waals surface area contributed by atoms with E-state index in [0.29, 0.717) is 11.5 Å². The number of rotatable bonds is 4. The minimum Gasteiger partial charge on any atom is -0.483 e. The average molecular weight is 377 g/mol. The number of carbonyl (C=O) groups excluding carboxylic acids is 1. The first-order chi connectivity index (χ1) is 11.9. The SMILES string of the molecule is CN(C(=O)Oc1cccc2c1OC(C)(C)C2)S(=O)Sc1ccccc1. The minimum absolute atomic E-state index is 0.331. The minimum atomic E-state index is -1.60. The lowest BCUT2D eigenvalue weighted by Crippen LogP contribution is -2.30. The molecule has 0 bridgehead atoms. The van der Waals surface area contributed by atoms with Gasteiger partial charge in [0.05, 0.1) is 0 Å². The van der Waals surface area contributed by atoms with Crippen molar-refractivity contribution in [3.8, 4) is 11.5 Å². The number of ether oxygens (including phenoxy) is 2. The quantitative estimate of drug-likeness (QED) is 0.748. The monoisotopic (exact) mass is 377 g/mol. The highest BCUT2D eigenvalue weighted by atomic mass is 33.1. The molecule has 1 amide bonds. The Bertz CT molecular complexity index is 808. The van der Waals surface area contributed by atoms with Crippen molar-refractivity contribution in [3.05, 3.63) is 54.1 Å². The third kappa shape index (κ3) is 4.16. The van der Waals surface area contributed by atoms with Crippen molar-refractivity contribution >= 4 is 26.9 Å². The van der Waals surface area contributed by atoms with E-state index in [9.17, 15) is 9.00 Å². The number of hydrogen-bond acceptors (Lipinski definition) is 5. The van der Waals surface area contributed by atoms with E-state index >= 15 is 0 Å². The van der Waals surface area contributed by atoms with Crippen LogP contribution in [-0.4, -0.2) is 27.3 Å². The van der Waals surface area contributed by atoms with Crippen molar-refractivity contribution in [2.45, 2.75) is 30.8 Å². The normalized spacial score (nSPS) is 15.8. The van der Waals surface area contributed by atoms with Gasteiger partial charge in [0.1, 0.15) is 5.60 Å². The van der Waals surface area contributed by atoms with Gasteiger partial charge in [0.2, 0.25) is 0 Å². The molecule has 1 aliphatic heterocycles. The van der Waals surface area contributed by atoms with Crippen LogP contribution in [-0.2, 0) is 16.4 Å². The molecule has 1 unspecified atom stereocenters. The highest BCUT2D eigenvalue weighted by molar-refractivity contribution is 8.68. The Hall–Kier alpha value is -1.99. The number of nitrogens with zero attached hydrogens (tertiary/aromatic N) is 1. The van der Waals surface area contributed by atoms with Crippen molar-refractivity contribution in [1.82, 2.24) is 4.31 Å². The Morgan fingerprint density at radius 2 is 1.92 bits per heavy atom. The Morgan fingerprint density at radius 1 is 1.20 bits per heavy atom. The van der Waals surface area contributed by atoms with E-state index in [1.165, 1.54) is 7.05 Å². The van der Waals surface area contributed by atoms with Gasteiger partial charge in [-0.3, -0.25) is 0 Å². The molecule has 2 aromatic rings. The maximum atomic E-state index is 12.3. The maximum Gasteiger partial charge on any atom is 0.427 e. The molecule has 0 fully saturated rings. The number of carbonyl (C=O) groups is 1. The summed E-state index contributed by atoms with van der Waals surface area (Å²) in [5.41, 5.74) is 0.667. The third-order valence-electron chi connectivity index (χ3n) is 3.64. The summed E-state index contributed by atoms with van der Waals surface area (Å²) in [6.07, 6.45) is 0.0581. The van der Waals surface area contributed by atoms with Gasteiger partial charge < -0.3 is 9.47 Å².